The van der Waals surface area contributed by atoms with Gasteiger partial charge in [-0.25, -0.2) is 4.39 Å². The summed E-state index contributed by atoms with van der Waals surface area (Å²) in [5, 5.41) is 1.65. The zero-order valence-corrected chi connectivity index (χ0v) is 11.6. The molecule has 2 nitrogen and oxygen atoms in total. The van der Waals surface area contributed by atoms with Gasteiger partial charge < -0.3 is 0 Å². The Morgan fingerprint density at radius 3 is 2.40 bits per heavy atom. The molecule has 106 valence electrons. The van der Waals surface area contributed by atoms with Gasteiger partial charge in [0.05, 0.1) is 0 Å². The molecule has 0 spiro atoms. The summed E-state index contributed by atoms with van der Waals surface area (Å²) in [4.78, 5) is 0. The Morgan fingerprint density at radius 1 is 1.00 bits per heavy atom. The number of nitrogens with two attached hydrogens (primary N) is 1. The van der Waals surface area contributed by atoms with E-state index >= 15 is 0 Å². The van der Waals surface area contributed by atoms with Crippen LogP contribution in [0.3, 0.4) is 0 Å². The van der Waals surface area contributed by atoms with Crippen molar-refractivity contribution in [1.29, 1.82) is 0 Å². The van der Waals surface area contributed by atoms with E-state index in [9.17, 15) is 4.39 Å². The number of hydrazine groups is 1. The maximum Gasteiger partial charge on any atom is 0.131 e. The van der Waals surface area contributed by atoms with Crippen LogP contribution in [0.25, 0.3) is 10.8 Å². The Hall–Kier alpha value is -1.45. The second-order valence-electron chi connectivity index (χ2n) is 5.72. The van der Waals surface area contributed by atoms with Crippen molar-refractivity contribution in [3.05, 3.63) is 47.8 Å². The summed E-state index contributed by atoms with van der Waals surface area (Å²) < 4.78 is 13.9. The minimum absolute atomic E-state index is 0.112. The van der Waals surface area contributed by atoms with Gasteiger partial charge in [-0.15, -0.1) is 0 Å². The molecule has 1 aliphatic carbocycles. The maximum absolute atomic E-state index is 13.9. The number of fused-ring (bicyclic) bond motifs is 1. The summed E-state index contributed by atoms with van der Waals surface area (Å²) in [6, 6.07) is 11.2. The van der Waals surface area contributed by atoms with E-state index in [1.807, 2.05) is 30.3 Å². The van der Waals surface area contributed by atoms with Gasteiger partial charge in [-0.2, -0.15) is 0 Å². The monoisotopic (exact) mass is 272 g/mol. The summed E-state index contributed by atoms with van der Waals surface area (Å²) in [7, 11) is 0. The third-order valence-corrected chi connectivity index (χ3v) is 4.54. The number of hydrogen-bond acceptors (Lipinski definition) is 2. The first-order chi connectivity index (χ1) is 9.81. The van der Waals surface area contributed by atoms with Crippen molar-refractivity contribution in [2.45, 2.75) is 38.1 Å². The molecule has 0 bridgehead atoms. The van der Waals surface area contributed by atoms with Gasteiger partial charge in [0, 0.05) is 11.4 Å². The van der Waals surface area contributed by atoms with Crippen molar-refractivity contribution in [2.24, 2.45) is 11.8 Å². The highest BCUT2D eigenvalue weighted by molar-refractivity contribution is 5.86. The Morgan fingerprint density at radius 2 is 1.70 bits per heavy atom. The molecule has 20 heavy (non-hydrogen) atoms. The molecule has 3 heteroatoms. The van der Waals surface area contributed by atoms with Gasteiger partial charge in [0.25, 0.3) is 0 Å². The molecule has 1 fully saturated rings. The molecule has 0 heterocycles. The van der Waals surface area contributed by atoms with Gasteiger partial charge in [0.1, 0.15) is 5.82 Å². The van der Waals surface area contributed by atoms with Gasteiger partial charge in [0.2, 0.25) is 0 Å². The van der Waals surface area contributed by atoms with Crippen molar-refractivity contribution >= 4 is 10.8 Å². The van der Waals surface area contributed by atoms with E-state index in [2.05, 4.69) is 5.43 Å². The summed E-state index contributed by atoms with van der Waals surface area (Å²) in [6.45, 7) is 0. The Balaban J connectivity index is 2.05. The zero-order valence-electron chi connectivity index (χ0n) is 11.6. The Labute approximate surface area is 119 Å². The van der Waals surface area contributed by atoms with Crippen LogP contribution in [0.2, 0.25) is 0 Å². The van der Waals surface area contributed by atoms with Crippen molar-refractivity contribution in [3.8, 4) is 0 Å². The van der Waals surface area contributed by atoms with Gasteiger partial charge in [-0.05, 0) is 35.8 Å². The third kappa shape index (κ3) is 2.43. The molecule has 2 aromatic carbocycles. The highest BCUT2D eigenvalue weighted by Crippen LogP contribution is 2.37. The molecule has 0 aromatic heterocycles. The molecule has 3 N–H and O–H groups in total. The van der Waals surface area contributed by atoms with E-state index in [4.69, 9.17) is 5.84 Å². The van der Waals surface area contributed by atoms with Gasteiger partial charge >= 0.3 is 0 Å². The second-order valence-corrected chi connectivity index (χ2v) is 5.72. The van der Waals surface area contributed by atoms with E-state index in [1.165, 1.54) is 32.1 Å². The standard InChI is InChI=1S/C17H21FN2/c18-16-11-10-15(13-8-4-5-9-14(13)16)17(20-19)12-6-2-1-3-7-12/h4-5,8-12,17,20H,1-3,6-7,19H2. The third-order valence-electron chi connectivity index (χ3n) is 4.54. The van der Waals surface area contributed by atoms with Crippen molar-refractivity contribution in [2.75, 3.05) is 0 Å². The normalized spacial score (nSPS) is 18.3. The largest absolute Gasteiger partial charge is 0.271 e. The average Bonchev–Trinajstić information content (AvgIpc) is 2.52. The number of rotatable bonds is 3. The van der Waals surface area contributed by atoms with Gasteiger partial charge in [-0.1, -0.05) is 49.6 Å². The minimum atomic E-state index is -0.163. The van der Waals surface area contributed by atoms with Crippen LogP contribution in [0.4, 0.5) is 4.39 Å². The predicted octanol–water partition coefficient (Wildman–Crippen LogP) is 4.06. The zero-order chi connectivity index (χ0) is 13.9. The molecule has 0 amide bonds. The van der Waals surface area contributed by atoms with Crippen LogP contribution in [0.5, 0.6) is 0 Å². The lowest BCUT2D eigenvalue weighted by molar-refractivity contribution is 0.274. The van der Waals surface area contributed by atoms with Crippen LogP contribution >= 0.6 is 0 Å². The number of nitrogens with one attached hydrogen (secondary N) is 1. The summed E-state index contributed by atoms with van der Waals surface area (Å²) in [5.41, 5.74) is 4.10. The van der Waals surface area contributed by atoms with Crippen LogP contribution < -0.4 is 11.3 Å². The minimum Gasteiger partial charge on any atom is -0.271 e. The van der Waals surface area contributed by atoms with Crippen molar-refractivity contribution < 1.29 is 4.39 Å². The number of halogens is 1. The number of benzene rings is 2. The first-order valence-electron chi connectivity index (χ1n) is 7.44. The molecule has 0 saturated heterocycles. The predicted molar refractivity (Wildman–Crippen MR) is 80.5 cm³/mol. The molecule has 0 aliphatic heterocycles. The molecule has 1 unspecified atom stereocenters. The fourth-order valence-electron chi connectivity index (χ4n) is 3.50. The summed E-state index contributed by atoms with van der Waals surface area (Å²) >= 11 is 0. The average molecular weight is 272 g/mol. The molecule has 0 radical (unpaired) electrons. The second kappa shape index (κ2) is 5.90. The van der Waals surface area contributed by atoms with Crippen LogP contribution in [0.1, 0.15) is 43.7 Å². The maximum atomic E-state index is 13.9. The Kier molecular flexibility index (Phi) is 3.99. The van der Waals surface area contributed by atoms with E-state index in [1.54, 1.807) is 6.07 Å². The van der Waals surface area contributed by atoms with Gasteiger partial charge in [-0.3, -0.25) is 11.3 Å². The van der Waals surface area contributed by atoms with E-state index in [-0.39, 0.29) is 11.9 Å². The van der Waals surface area contributed by atoms with E-state index in [0.717, 1.165) is 10.9 Å². The fraction of sp³-hybridized carbons (Fsp3) is 0.412. The SMILES string of the molecule is NNC(c1ccc(F)c2ccccc12)C1CCCCC1. The molecule has 3 rings (SSSR count). The first-order valence-corrected chi connectivity index (χ1v) is 7.44. The molecule has 1 saturated carbocycles. The lowest BCUT2D eigenvalue weighted by Gasteiger charge is -2.30. The lowest BCUT2D eigenvalue weighted by atomic mass is 9.80. The quantitative estimate of drug-likeness (QED) is 0.653. The number of hydrogen-bond donors (Lipinski definition) is 2. The summed E-state index contributed by atoms with van der Waals surface area (Å²) in [5.74, 6) is 6.20. The fourth-order valence-corrected chi connectivity index (χ4v) is 3.50. The van der Waals surface area contributed by atoms with Gasteiger partial charge in [0.15, 0.2) is 0 Å². The van der Waals surface area contributed by atoms with Crippen LogP contribution in [-0.2, 0) is 0 Å². The van der Waals surface area contributed by atoms with E-state index in [0.29, 0.717) is 11.3 Å². The highest BCUT2D eigenvalue weighted by Gasteiger charge is 2.25. The smallest absolute Gasteiger partial charge is 0.131 e. The molecule has 2 aromatic rings. The lowest BCUT2D eigenvalue weighted by Crippen LogP contribution is -2.34. The van der Waals surface area contributed by atoms with E-state index < -0.39 is 0 Å². The van der Waals surface area contributed by atoms with Crippen LogP contribution in [0, 0.1) is 11.7 Å². The molecular formula is C17H21FN2. The van der Waals surface area contributed by atoms with Crippen molar-refractivity contribution in [3.63, 3.8) is 0 Å². The van der Waals surface area contributed by atoms with Crippen LogP contribution in [0.15, 0.2) is 36.4 Å². The molecule has 1 atom stereocenters. The highest BCUT2D eigenvalue weighted by atomic mass is 19.1. The summed E-state index contributed by atoms with van der Waals surface area (Å²) in [6.07, 6.45) is 6.24. The molecular weight excluding hydrogens is 251 g/mol. The first kappa shape index (κ1) is 13.5. The van der Waals surface area contributed by atoms with Crippen molar-refractivity contribution in [1.82, 2.24) is 5.43 Å². The molecule has 1 aliphatic rings. The Bertz CT molecular complexity index is 591. The van der Waals surface area contributed by atoms with Crippen LogP contribution in [-0.4, -0.2) is 0 Å². The topological polar surface area (TPSA) is 38.0 Å².